The molecule has 4 heteroatoms. The molecule has 0 amide bonds. The van der Waals surface area contributed by atoms with Gasteiger partial charge >= 0.3 is 0 Å². The van der Waals surface area contributed by atoms with Crippen molar-refractivity contribution in [2.24, 2.45) is 5.92 Å². The van der Waals surface area contributed by atoms with Gasteiger partial charge < -0.3 is 4.74 Å². The van der Waals surface area contributed by atoms with E-state index in [-0.39, 0.29) is 12.0 Å². The monoisotopic (exact) mass is 285 g/mol. The van der Waals surface area contributed by atoms with Crippen molar-refractivity contribution in [3.05, 3.63) is 33.3 Å². The van der Waals surface area contributed by atoms with E-state index < -0.39 is 0 Å². The Morgan fingerprint density at radius 3 is 3.00 bits per heavy atom. The highest BCUT2D eigenvalue weighted by atomic mass is 79.9. The summed E-state index contributed by atoms with van der Waals surface area (Å²) in [5, 5.41) is 9.63. The first-order valence-corrected chi connectivity index (χ1v) is 5.85. The summed E-state index contributed by atoms with van der Waals surface area (Å²) in [7, 11) is 0. The van der Waals surface area contributed by atoms with Gasteiger partial charge in [0.2, 0.25) is 0 Å². The van der Waals surface area contributed by atoms with Crippen molar-refractivity contribution in [1.82, 2.24) is 0 Å². The van der Waals surface area contributed by atoms with Crippen molar-refractivity contribution in [3.8, 4) is 6.07 Å². The smallest absolute Gasteiger partial charge is 0.0984 e. The lowest BCUT2D eigenvalue weighted by Gasteiger charge is -2.13. The number of hydrogen-bond acceptors (Lipinski definition) is 2. The van der Waals surface area contributed by atoms with Crippen LogP contribution in [0.2, 0.25) is 5.02 Å². The molecule has 78 valence electrons. The maximum Gasteiger partial charge on any atom is 0.0984 e. The zero-order chi connectivity index (χ0) is 10.8. The van der Waals surface area contributed by atoms with Crippen LogP contribution in [0.1, 0.15) is 18.1 Å². The fourth-order valence-electron chi connectivity index (χ4n) is 1.74. The van der Waals surface area contributed by atoms with E-state index in [0.717, 1.165) is 16.5 Å². The Morgan fingerprint density at radius 1 is 1.53 bits per heavy atom. The van der Waals surface area contributed by atoms with E-state index in [4.69, 9.17) is 21.6 Å². The number of nitriles is 1. The van der Waals surface area contributed by atoms with Crippen LogP contribution in [-0.2, 0) is 4.74 Å². The predicted molar refractivity (Wildman–Crippen MR) is 61.6 cm³/mol. The number of hydrogen-bond donors (Lipinski definition) is 0. The highest BCUT2D eigenvalue weighted by Gasteiger charge is 2.29. The molecule has 0 saturated carbocycles. The second kappa shape index (κ2) is 4.52. The number of ether oxygens (including phenoxy) is 1. The Morgan fingerprint density at radius 2 is 2.33 bits per heavy atom. The number of nitrogens with zero attached hydrogens (tertiary/aromatic N) is 1. The van der Waals surface area contributed by atoms with Crippen molar-refractivity contribution < 1.29 is 4.74 Å². The number of benzene rings is 1. The second-order valence-corrected chi connectivity index (χ2v) is 4.75. The average molecular weight is 287 g/mol. The molecule has 0 bridgehead atoms. The quantitative estimate of drug-likeness (QED) is 0.788. The molecule has 1 heterocycles. The Kier molecular flexibility index (Phi) is 3.30. The maximum atomic E-state index is 8.95. The van der Waals surface area contributed by atoms with Crippen molar-refractivity contribution in [2.75, 3.05) is 6.61 Å². The van der Waals surface area contributed by atoms with Gasteiger partial charge in [0, 0.05) is 11.1 Å². The Hall–Kier alpha value is -0.560. The van der Waals surface area contributed by atoms with Crippen LogP contribution in [0.5, 0.6) is 0 Å². The van der Waals surface area contributed by atoms with Gasteiger partial charge in [-0.15, -0.1) is 0 Å². The van der Waals surface area contributed by atoms with Gasteiger partial charge in [-0.25, -0.2) is 0 Å². The van der Waals surface area contributed by atoms with Gasteiger partial charge in [0.1, 0.15) is 0 Å². The normalized spacial score (nSPS) is 25.1. The third-order valence-electron chi connectivity index (χ3n) is 2.53. The molecule has 2 unspecified atom stereocenters. The first-order valence-electron chi connectivity index (χ1n) is 4.68. The first kappa shape index (κ1) is 10.9. The minimum absolute atomic E-state index is 0.0434. The standard InChI is InChI=1S/C11H9BrClNO/c12-9-5-7(1-2-10(9)13)11-8(6-14)3-4-15-11/h1-2,5,8,11H,3-4H2. The van der Waals surface area contributed by atoms with Crippen LogP contribution in [0.4, 0.5) is 0 Å². The third kappa shape index (κ3) is 2.17. The van der Waals surface area contributed by atoms with Crippen molar-refractivity contribution in [1.29, 1.82) is 5.26 Å². The second-order valence-electron chi connectivity index (χ2n) is 3.49. The Balaban J connectivity index is 2.30. The van der Waals surface area contributed by atoms with Crippen LogP contribution >= 0.6 is 27.5 Å². The van der Waals surface area contributed by atoms with E-state index in [1.54, 1.807) is 0 Å². The van der Waals surface area contributed by atoms with Crippen LogP contribution in [0, 0.1) is 17.2 Å². The molecule has 1 aliphatic rings. The van der Waals surface area contributed by atoms with Crippen LogP contribution in [0.25, 0.3) is 0 Å². The third-order valence-corrected chi connectivity index (χ3v) is 3.74. The molecule has 0 N–H and O–H groups in total. The highest BCUT2D eigenvalue weighted by molar-refractivity contribution is 9.10. The zero-order valence-corrected chi connectivity index (χ0v) is 10.3. The molecule has 0 aromatic heterocycles. The molecule has 1 aromatic carbocycles. The largest absolute Gasteiger partial charge is 0.372 e. The maximum absolute atomic E-state index is 8.95. The fraction of sp³-hybridized carbons (Fsp3) is 0.364. The highest BCUT2D eigenvalue weighted by Crippen LogP contribution is 2.36. The van der Waals surface area contributed by atoms with E-state index in [1.807, 2.05) is 18.2 Å². The molecule has 1 aliphatic heterocycles. The van der Waals surface area contributed by atoms with Gasteiger partial charge in [-0.2, -0.15) is 5.26 Å². The van der Waals surface area contributed by atoms with Crippen molar-refractivity contribution in [3.63, 3.8) is 0 Å². The van der Waals surface area contributed by atoms with Crippen molar-refractivity contribution in [2.45, 2.75) is 12.5 Å². The molecule has 0 radical (unpaired) electrons. The lowest BCUT2D eigenvalue weighted by Crippen LogP contribution is -2.05. The molecule has 1 saturated heterocycles. The molecule has 2 rings (SSSR count). The molecule has 2 atom stereocenters. The summed E-state index contributed by atoms with van der Waals surface area (Å²) < 4.78 is 6.39. The van der Waals surface area contributed by atoms with E-state index in [2.05, 4.69) is 22.0 Å². The minimum atomic E-state index is -0.108. The summed E-state index contributed by atoms with van der Waals surface area (Å²) in [6, 6.07) is 7.92. The molecule has 15 heavy (non-hydrogen) atoms. The molecule has 2 nitrogen and oxygen atoms in total. The summed E-state index contributed by atoms with van der Waals surface area (Å²) >= 11 is 9.27. The number of rotatable bonds is 1. The Labute approximate surface area is 102 Å². The summed E-state index contributed by atoms with van der Waals surface area (Å²) in [5.74, 6) is -0.0434. The summed E-state index contributed by atoms with van der Waals surface area (Å²) in [6.07, 6.45) is 0.699. The molecule has 1 fully saturated rings. The Bertz CT molecular complexity index is 416. The zero-order valence-electron chi connectivity index (χ0n) is 7.91. The molecule has 0 spiro atoms. The van der Waals surface area contributed by atoms with Gasteiger partial charge in [-0.05, 0) is 40.0 Å². The van der Waals surface area contributed by atoms with E-state index in [0.29, 0.717) is 11.6 Å². The van der Waals surface area contributed by atoms with Gasteiger partial charge in [0.15, 0.2) is 0 Å². The van der Waals surface area contributed by atoms with E-state index in [1.165, 1.54) is 0 Å². The molecule has 1 aromatic rings. The number of halogens is 2. The van der Waals surface area contributed by atoms with Crippen LogP contribution in [0.15, 0.2) is 22.7 Å². The topological polar surface area (TPSA) is 33.0 Å². The first-order chi connectivity index (χ1) is 7.22. The summed E-state index contributed by atoms with van der Waals surface area (Å²) in [6.45, 7) is 0.656. The van der Waals surface area contributed by atoms with Crippen LogP contribution < -0.4 is 0 Å². The predicted octanol–water partition coefficient (Wildman–Crippen LogP) is 3.70. The fourth-order valence-corrected chi connectivity index (χ4v) is 2.25. The van der Waals surface area contributed by atoms with Crippen LogP contribution in [-0.4, -0.2) is 6.61 Å². The SMILES string of the molecule is N#CC1CCOC1c1ccc(Cl)c(Br)c1. The van der Waals surface area contributed by atoms with E-state index >= 15 is 0 Å². The van der Waals surface area contributed by atoms with Crippen molar-refractivity contribution >= 4 is 27.5 Å². The minimum Gasteiger partial charge on any atom is -0.372 e. The van der Waals surface area contributed by atoms with E-state index in [9.17, 15) is 0 Å². The average Bonchev–Trinajstić information content (AvgIpc) is 2.70. The molecular weight excluding hydrogens is 277 g/mol. The lowest BCUT2D eigenvalue weighted by atomic mass is 9.97. The molecule has 0 aliphatic carbocycles. The van der Waals surface area contributed by atoms with Gasteiger partial charge in [-0.1, -0.05) is 17.7 Å². The van der Waals surface area contributed by atoms with Gasteiger partial charge in [0.05, 0.1) is 23.1 Å². The lowest BCUT2D eigenvalue weighted by molar-refractivity contribution is 0.101. The summed E-state index contributed by atoms with van der Waals surface area (Å²) in [5.41, 5.74) is 1.01. The van der Waals surface area contributed by atoms with Crippen LogP contribution in [0.3, 0.4) is 0 Å². The van der Waals surface area contributed by atoms with Gasteiger partial charge in [0.25, 0.3) is 0 Å². The summed E-state index contributed by atoms with van der Waals surface area (Å²) in [4.78, 5) is 0. The molecular formula is C11H9BrClNO. The van der Waals surface area contributed by atoms with Gasteiger partial charge in [-0.3, -0.25) is 0 Å².